The van der Waals surface area contributed by atoms with Crippen LogP contribution in [0.15, 0.2) is 18.5 Å². The summed E-state index contributed by atoms with van der Waals surface area (Å²) in [5, 5.41) is 0. The van der Waals surface area contributed by atoms with Crippen LogP contribution < -0.4 is 0 Å². The zero-order chi connectivity index (χ0) is 14.0. The van der Waals surface area contributed by atoms with Crippen molar-refractivity contribution in [3.05, 3.63) is 29.6 Å². The van der Waals surface area contributed by atoms with Crippen molar-refractivity contribution >= 4 is 5.78 Å². The number of carbonyl (C=O) groups excluding carboxylic acids is 1. The third kappa shape index (κ3) is 3.33. The molecule has 1 fully saturated rings. The first-order valence-electron chi connectivity index (χ1n) is 6.40. The Hall–Kier alpha value is -1.39. The topological polar surface area (TPSA) is 30.0 Å². The Morgan fingerprint density at radius 1 is 1.32 bits per heavy atom. The number of halogens is 3. The SMILES string of the molecule is Cc1cncc(C(=O)C2CCCC(C(F)(F)F)C2)c1. The predicted molar refractivity (Wildman–Crippen MR) is 64.8 cm³/mol. The Bertz CT molecular complexity index is 470. The molecule has 5 heteroatoms. The van der Waals surface area contributed by atoms with Gasteiger partial charge in [-0.05, 0) is 37.8 Å². The van der Waals surface area contributed by atoms with Crippen molar-refractivity contribution in [2.24, 2.45) is 11.8 Å². The van der Waals surface area contributed by atoms with Crippen LogP contribution in [-0.4, -0.2) is 16.9 Å². The Kier molecular flexibility index (Phi) is 3.92. The van der Waals surface area contributed by atoms with E-state index in [4.69, 9.17) is 0 Å². The molecule has 2 unspecified atom stereocenters. The summed E-state index contributed by atoms with van der Waals surface area (Å²) < 4.78 is 38.2. The smallest absolute Gasteiger partial charge is 0.294 e. The maximum absolute atomic E-state index is 12.7. The Morgan fingerprint density at radius 2 is 2.05 bits per heavy atom. The molecule has 1 aliphatic rings. The standard InChI is InChI=1S/C14H16F3NO/c1-9-5-11(8-18-7-9)13(19)10-3-2-4-12(6-10)14(15,16)17/h5,7-8,10,12H,2-4,6H2,1H3. The second kappa shape index (κ2) is 5.31. The van der Waals surface area contributed by atoms with Crippen molar-refractivity contribution < 1.29 is 18.0 Å². The van der Waals surface area contributed by atoms with E-state index in [0.717, 1.165) is 5.56 Å². The lowest BCUT2D eigenvalue weighted by molar-refractivity contribution is -0.184. The van der Waals surface area contributed by atoms with E-state index in [1.165, 1.54) is 6.20 Å². The van der Waals surface area contributed by atoms with Crippen LogP contribution in [0.5, 0.6) is 0 Å². The number of hydrogen-bond donors (Lipinski definition) is 0. The molecule has 0 spiro atoms. The van der Waals surface area contributed by atoms with E-state index in [-0.39, 0.29) is 18.6 Å². The second-order valence-electron chi connectivity index (χ2n) is 5.22. The number of aryl methyl sites for hydroxylation is 1. The number of Topliss-reactive ketones (excluding diaryl/α,β-unsaturated/α-hetero) is 1. The molecule has 1 heterocycles. The fraction of sp³-hybridized carbons (Fsp3) is 0.571. The summed E-state index contributed by atoms with van der Waals surface area (Å²) in [6.07, 6.45) is -0.0820. The molecule has 0 amide bonds. The minimum absolute atomic E-state index is 0.0870. The molecule has 1 aliphatic carbocycles. The first kappa shape index (κ1) is 14.0. The van der Waals surface area contributed by atoms with Crippen LogP contribution in [0.25, 0.3) is 0 Å². The summed E-state index contributed by atoms with van der Waals surface area (Å²) in [6.45, 7) is 1.81. The van der Waals surface area contributed by atoms with Gasteiger partial charge in [-0.15, -0.1) is 0 Å². The molecule has 0 bridgehead atoms. The second-order valence-corrected chi connectivity index (χ2v) is 5.22. The van der Waals surface area contributed by atoms with Crippen LogP contribution in [0.2, 0.25) is 0 Å². The molecule has 1 aromatic heterocycles. The fourth-order valence-corrected chi connectivity index (χ4v) is 2.65. The molecule has 2 rings (SSSR count). The summed E-state index contributed by atoms with van der Waals surface area (Å²) in [5.74, 6) is -2.07. The van der Waals surface area contributed by atoms with Crippen molar-refractivity contribution in [1.82, 2.24) is 4.98 Å². The maximum Gasteiger partial charge on any atom is 0.391 e. The van der Waals surface area contributed by atoms with E-state index in [9.17, 15) is 18.0 Å². The normalized spacial score (nSPS) is 24.2. The van der Waals surface area contributed by atoms with E-state index in [1.54, 1.807) is 12.3 Å². The Balaban J connectivity index is 2.11. The van der Waals surface area contributed by atoms with Gasteiger partial charge in [0.15, 0.2) is 5.78 Å². The molecule has 2 atom stereocenters. The number of ketones is 1. The molecular formula is C14H16F3NO. The lowest BCUT2D eigenvalue weighted by atomic mass is 9.78. The average molecular weight is 271 g/mol. The van der Waals surface area contributed by atoms with Crippen LogP contribution >= 0.6 is 0 Å². The molecule has 0 aliphatic heterocycles. The number of aromatic nitrogens is 1. The Labute approximate surface area is 110 Å². The highest BCUT2D eigenvalue weighted by Crippen LogP contribution is 2.40. The van der Waals surface area contributed by atoms with Gasteiger partial charge in [-0.3, -0.25) is 9.78 Å². The van der Waals surface area contributed by atoms with Gasteiger partial charge in [-0.1, -0.05) is 6.42 Å². The highest BCUT2D eigenvalue weighted by Gasteiger charge is 2.43. The van der Waals surface area contributed by atoms with Crippen molar-refractivity contribution in [3.8, 4) is 0 Å². The zero-order valence-corrected chi connectivity index (χ0v) is 10.7. The van der Waals surface area contributed by atoms with Gasteiger partial charge in [0.2, 0.25) is 0 Å². The van der Waals surface area contributed by atoms with Crippen LogP contribution in [0.4, 0.5) is 13.2 Å². The monoisotopic (exact) mass is 271 g/mol. The van der Waals surface area contributed by atoms with E-state index < -0.39 is 18.0 Å². The number of carbonyl (C=O) groups is 1. The number of rotatable bonds is 2. The van der Waals surface area contributed by atoms with Gasteiger partial charge in [0.1, 0.15) is 0 Å². The minimum Gasteiger partial charge on any atom is -0.294 e. The van der Waals surface area contributed by atoms with Gasteiger partial charge in [-0.2, -0.15) is 13.2 Å². The summed E-state index contributed by atoms with van der Waals surface area (Å²) in [6, 6.07) is 1.69. The van der Waals surface area contributed by atoms with Gasteiger partial charge in [0.25, 0.3) is 0 Å². The summed E-state index contributed by atoms with van der Waals surface area (Å²) in [5.41, 5.74) is 1.27. The van der Waals surface area contributed by atoms with Gasteiger partial charge in [-0.25, -0.2) is 0 Å². The van der Waals surface area contributed by atoms with Gasteiger partial charge >= 0.3 is 6.18 Å². The van der Waals surface area contributed by atoms with E-state index >= 15 is 0 Å². The van der Waals surface area contributed by atoms with Crippen LogP contribution in [0.3, 0.4) is 0 Å². The first-order chi connectivity index (χ1) is 8.88. The molecule has 0 saturated heterocycles. The summed E-state index contributed by atoms with van der Waals surface area (Å²) in [4.78, 5) is 16.1. The third-order valence-electron chi connectivity index (χ3n) is 3.67. The number of nitrogens with zero attached hydrogens (tertiary/aromatic N) is 1. The molecule has 0 N–H and O–H groups in total. The molecular weight excluding hydrogens is 255 g/mol. The molecule has 19 heavy (non-hydrogen) atoms. The maximum atomic E-state index is 12.7. The van der Waals surface area contributed by atoms with Crippen molar-refractivity contribution in [3.63, 3.8) is 0 Å². The Morgan fingerprint density at radius 3 is 2.68 bits per heavy atom. The molecule has 0 radical (unpaired) electrons. The largest absolute Gasteiger partial charge is 0.391 e. The van der Waals surface area contributed by atoms with E-state index in [0.29, 0.717) is 18.4 Å². The lowest BCUT2D eigenvalue weighted by Crippen LogP contribution is -2.31. The molecule has 1 aromatic rings. The van der Waals surface area contributed by atoms with Crippen LogP contribution in [-0.2, 0) is 0 Å². The highest BCUT2D eigenvalue weighted by molar-refractivity contribution is 5.97. The average Bonchev–Trinajstić information content (AvgIpc) is 2.37. The highest BCUT2D eigenvalue weighted by atomic mass is 19.4. The first-order valence-corrected chi connectivity index (χ1v) is 6.40. The number of pyridine rings is 1. The van der Waals surface area contributed by atoms with Gasteiger partial charge in [0.05, 0.1) is 5.92 Å². The third-order valence-corrected chi connectivity index (χ3v) is 3.67. The molecule has 104 valence electrons. The number of alkyl halides is 3. The summed E-state index contributed by atoms with van der Waals surface area (Å²) in [7, 11) is 0. The van der Waals surface area contributed by atoms with E-state index in [1.807, 2.05) is 6.92 Å². The number of hydrogen-bond acceptors (Lipinski definition) is 2. The molecule has 0 aromatic carbocycles. The van der Waals surface area contributed by atoms with E-state index in [2.05, 4.69) is 4.98 Å². The fourth-order valence-electron chi connectivity index (χ4n) is 2.65. The lowest BCUT2D eigenvalue weighted by Gasteiger charge is -2.29. The van der Waals surface area contributed by atoms with Crippen LogP contribution in [0, 0.1) is 18.8 Å². The molecule has 2 nitrogen and oxygen atoms in total. The van der Waals surface area contributed by atoms with Crippen molar-refractivity contribution in [1.29, 1.82) is 0 Å². The predicted octanol–water partition coefficient (Wildman–Crippen LogP) is 3.94. The summed E-state index contributed by atoms with van der Waals surface area (Å²) >= 11 is 0. The van der Waals surface area contributed by atoms with Crippen molar-refractivity contribution in [2.75, 3.05) is 0 Å². The van der Waals surface area contributed by atoms with Crippen LogP contribution in [0.1, 0.15) is 41.6 Å². The zero-order valence-electron chi connectivity index (χ0n) is 10.7. The van der Waals surface area contributed by atoms with Crippen molar-refractivity contribution in [2.45, 2.75) is 38.8 Å². The minimum atomic E-state index is -4.19. The van der Waals surface area contributed by atoms with Gasteiger partial charge < -0.3 is 0 Å². The quantitative estimate of drug-likeness (QED) is 0.762. The molecule has 1 saturated carbocycles. The van der Waals surface area contributed by atoms with Gasteiger partial charge in [0, 0.05) is 23.9 Å².